The molecule has 2 fully saturated rings. The van der Waals surface area contributed by atoms with Crippen molar-refractivity contribution in [2.24, 2.45) is 5.41 Å². The van der Waals surface area contributed by atoms with E-state index in [1.807, 2.05) is 0 Å². The van der Waals surface area contributed by atoms with E-state index in [1.54, 1.807) is 0 Å². The summed E-state index contributed by atoms with van der Waals surface area (Å²) in [7, 11) is 0. The summed E-state index contributed by atoms with van der Waals surface area (Å²) in [5.74, 6) is 0. The van der Waals surface area contributed by atoms with E-state index >= 15 is 0 Å². The van der Waals surface area contributed by atoms with E-state index in [0.29, 0.717) is 6.04 Å². The summed E-state index contributed by atoms with van der Waals surface area (Å²) >= 11 is 0. The second kappa shape index (κ2) is 6.19. The summed E-state index contributed by atoms with van der Waals surface area (Å²) in [6.07, 6.45) is 10.3. The van der Waals surface area contributed by atoms with Gasteiger partial charge in [-0.3, -0.25) is 0 Å². The lowest BCUT2D eigenvalue weighted by Crippen LogP contribution is -2.33. The zero-order valence-electron chi connectivity index (χ0n) is 11.8. The Kier molecular flexibility index (Phi) is 4.87. The van der Waals surface area contributed by atoms with Crippen molar-refractivity contribution >= 4 is 0 Å². The fraction of sp³-hybridized carbons (Fsp3) is 1.00. The average Bonchev–Trinajstić information content (AvgIpc) is 2.71. The Bertz CT molecular complexity index is 221. The van der Waals surface area contributed by atoms with Crippen molar-refractivity contribution < 1.29 is 0 Å². The minimum absolute atomic E-state index is 0.683. The Labute approximate surface area is 107 Å². The largest absolute Gasteiger partial charge is 0.314 e. The molecule has 2 heteroatoms. The molecular formula is C15H30N2. The molecule has 0 bridgehead atoms. The zero-order chi connectivity index (χ0) is 12.1. The first-order chi connectivity index (χ1) is 8.24. The molecule has 17 heavy (non-hydrogen) atoms. The van der Waals surface area contributed by atoms with Crippen LogP contribution in [0.3, 0.4) is 0 Å². The Morgan fingerprint density at radius 3 is 2.65 bits per heavy atom. The highest BCUT2D eigenvalue weighted by molar-refractivity contribution is 4.91. The molecular weight excluding hydrogens is 208 g/mol. The van der Waals surface area contributed by atoms with Crippen LogP contribution in [0.2, 0.25) is 0 Å². The predicted molar refractivity (Wildman–Crippen MR) is 74.3 cm³/mol. The van der Waals surface area contributed by atoms with Gasteiger partial charge >= 0.3 is 0 Å². The molecule has 1 heterocycles. The SMILES string of the molecule is CCNC(C)CCN1CCC2(CCCCC2)C1. The lowest BCUT2D eigenvalue weighted by Gasteiger charge is -2.33. The number of nitrogens with one attached hydrogen (secondary N) is 1. The van der Waals surface area contributed by atoms with Crippen molar-refractivity contribution in [1.82, 2.24) is 10.2 Å². The number of hydrogen-bond donors (Lipinski definition) is 1. The van der Waals surface area contributed by atoms with Crippen LogP contribution in [0, 0.1) is 5.41 Å². The average molecular weight is 238 g/mol. The van der Waals surface area contributed by atoms with Gasteiger partial charge in [0.15, 0.2) is 0 Å². The maximum atomic E-state index is 3.51. The van der Waals surface area contributed by atoms with E-state index in [0.717, 1.165) is 12.0 Å². The van der Waals surface area contributed by atoms with Crippen LogP contribution in [0.1, 0.15) is 58.8 Å². The lowest BCUT2D eigenvalue weighted by atomic mass is 9.73. The number of nitrogens with zero attached hydrogens (tertiary/aromatic N) is 1. The van der Waals surface area contributed by atoms with Gasteiger partial charge in [0.25, 0.3) is 0 Å². The normalized spacial score (nSPS) is 26.5. The summed E-state index contributed by atoms with van der Waals surface area (Å²) in [5.41, 5.74) is 0.736. The highest BCUT2D eigenvalue weighted by Gasteiger charge is 2.38. The summed E-state index contributed by atoms with van der Waals surface area (Å²) < 4.78 is 0. The molecule has 2 nitrogen and oxygen atoms in total. The van der Waals surface area contributed by atoms with Crippen LogP contribution in [0.15, 0.2) is 0 Å². The third kappa shape index (κ3) is 3.69. The van der Waals surface area contributed by atoms with Crippen molar-refractivity contribution in [3.05, 3.63) is 0 Å². The third-order valence-electron chi connectivity index (χ3n) is 4.86. The van der Waals surface area contributed by atoms with Crippen LogP contribution in [0.5, 0.6) is 0 Å². The highest BCUT2D eigenvalue weighted by atomic mass is 15.2. The fourth-order valence-electron chi connectivity index (χ4n) is 3.76. The molecule has 1 aliphatic heterocycles. The van der Waals surface area contributed by atoms with Crippen molar-refractivity contribution in [1.29, 1.82) is 0 Å². The first-order valence-corrected chi connectivity index (χ1v) is 7.70. The Balaban J connectivity index is 1.70. The van der Waals surface area contributed by atoms with Crippen molar-refractivity contribution in [3.8, 4) is 0 Å². The number of likely N-dealkylation sites (tertiary alicyclic amines) is 1. The van der Waals surface area contributed by atoms with Gasteiger partial charge in [-0.25, -0.2) is 0 Å². The molecule has 1 spiro atoms. The van der Waals surface area contributed by atoms with E-state index < -0.39 is 0 Å². The van der Waals surface area contributed by atoms with Crippen LogP contribution >= 0.6 is 0 Å². The molecule has 0 aromatic carbocycles. The maximum Gasteiger partial charge on any atom is 0.00507 e. The van der Waals surface area contributed by atoms with Gasteiger partial charge in [-0.15, -0.1) is 0 Å². The molecule has 1 unspecified atom stereocenters. The van der Waals surface area contributed by atoms with Gasteiger partial charge < -0.3 is 10.2 Å². The molecule has 0 aromatic heterocycles. The Hall–Kier alpha value is -0.0800. The molecule has 100 valence electrons. The number of rotatable bonds is 5. The summed E-state index contributed by atoms with van der Waals surface area (Å²) in [4.78, 5) is 2.72. The van der Waals surface area contributed by atoms with E-state index in [1.165, 1.54) is 64.6 Å². The van der Waals surface area contributed by atoms with Gasteiger partial charge in [0, 0.05) is 12.6 Å². The first-order valence-electron chi connectivity index (χ1n) is 7.70. The molecule has 1 atom stereocenters. The highest BCUT2D eigenvalue weighted by Crippen LogP contribution is 2.43. The molecule has 2 rings (SSSR count). The third-order valence-corrected chi connectivity index (χ3v) is 4.86. The van der Waals surface area contributed by atoms with Gasteiger partial charge in [-0.05, 0) is 57.7 Å². The topological polar surface area (TPSA) is 15.3 Å². The van der Waals surface area contributed by atoms with Crippen LogP contribution in [-0.4, -0.2) is 37.1 Å². The minimum Gasteiger partial charge on any atom is -0.314 e. The second-order valence-corrected chi connectivity index (χ2v) is 6.33. The van der Waals surface area contributed by atoms with Gasteiger partial charge in [-0.1, -0.05) is 26.2 Å². The Morgan fingerprint density at radius 1 is 1.18 bits per heavy atom. The van der Waals surface area contributed by atoms with Gasteiger partial charge in [-0.2, -0.15) is 0 Å². The van der Waals surface area contributed by atoms with E-state index in [9.17, 15) is 0 Å². The second-order valence-electron chi connectivity index (χ2n) is 6.33. The maximum absolute atomic E-state index is 3.51. The number of hydrogen-bond acceptors (Lipinski definition) is 2. The molecule has 1 aliphatic carbocycles. The Morgan fingerprint density at radius 2 is 1.94 bits per heavy atom. The zero-order valence-corrected chi connectivity index (χ0v) is 11.8. The lowest BCUT2D eigenvalue weighted by molar-refractivity contribution is 0.183. The molecule has 0 radical (unpaired) electrons. The molecule has 0 amide bonds. The molecule has 1 N–H and O–H groups in total. The van der Waals surface area contributed by atoms with Gasteiger partial charge in [0.1, 0.15) is 0 Å². The smallest absolute Gasteiger partial charge is 0.00507 e. The van der Waals surface area contributed by atoms with Crippen molar-refractivity contribution in [3.63, 3.8) is 0 Å². The minimum atomic E-state index is 0.683. The van der Waals surface area contributed by atoms with E-state index in [-0.39, 0.29) is 0 Å². The van der Waals surface area contributed by atoms with E-state index in [4.69, 9.17) is 0 Å². The summed E-state index contributed by atoms with van der Waals surface area (Å²) in [6, 6.07) is 0.683. The molecule has 1 saturated heterocycles. The first kappa shape index (κ1) is 13.4. The van der Waals surface area contributed by atoms with Crippen LogP contribution in [0.25, 0.3) is 0 Å². The van der Waals surface area contributed by atoms with Crippen molar-refractivity contribution in [2.45, 2.75) is 64.8 Å². The summed E-state index contributed by atoms with van der Waals surface area (Å²) in [6.45, 7) is 9.67. The molecule has 1 saturated carbocycles. The van der Waals surface area contributed by atoms with Crippen molar-refractivity contribution in [2.75, 3.05) is 26.2 Å². The summed E-state index contributed by atoms with van der Waals surface area (Å²) in [5, 5.41) is 3.51. The van der Waals surface area contributed by atoms with Gasteiger partial charge in [0.05, 0.1) is 0 Å². The quantitative estimate of drug-likeness (QED) is 0.792. The van der Waals surface area contributed by atoms with Gasteiger partial charge in [0.2, 0.25) is 0 Å². The fourth-order valence-corrected chi connectivity index (χ4v) is 3.76. The standard InChI is InChI=1S/C15H30N2/c1-3-16-14(2)7-11-17-12-10-15(13-17)8-5-4-6-9-15/h14,16H,3-13H2,1-2H3. The van der Waals surface area contributed by atoms with Crippen LogP contribution in [-0.2, 0) is 0 Å². The predicted octanol–water partition coefficient (Wildman–Crippen LogP) is 3.03. The van der Waals surface area contributed by atoms with E-state index in [2.05, 4.69) is 24.1 Å². The van der Waals surface area contributed by atoms with Crippen LogP contribution < -0.4 is 5.32 Å². The molecule has 2 aliphatic rings. The molecule has 0 aromatic rings. The van der Waals surface area contributed by atoms with Crippen LogP contribution in [0.4, 0.5) is 0 Å². The monoisotopic (exact) mass is 238 g/mol.